The molecule has 1 aliphatic rings. The third-order valence-electron chi connectivity index (χ3n) is 3.94. The van der Waals surface area contributed by atoms with E-state index in [9.17, 15) is 14.7 Å². The molecule has 1 fully saturated rings. The van der Waals surface area contributed by atoms with Crippen LogP contribution in [0.3, 0.4) is 0 Å². The van der Waals surface area contributed by atoms with Crippen LogP contribution in [0.5, 0.6) is 0 Å². The summed E-state index contributed by atoms with van der Waals surface area (Å²) in [7, 11) is 0. The van der Waals surface area contributed by atoms with Crippen LogP contribution in [0.2, 0.25) is 0 Å². The highest BCUT2D eigenvalue weighted by molar-refractivity contribution is 5.91. The lowest BCUT2D eigenvalue weighted by Crippen LogP contribution is -2.48. The normalized spacial score (nSPS) is 21.9. The van der Waals surface area contributed by atoms with Crippen molar-refractivity contribution in [3.8, 4) is 0 Å². The van der Waals surface area contributed by atoms with Crippen molar-refractivity contribution in [3.63, 3.8) is 0 Å². The quantitative estimate of drug-likeness (QED) is 0.744. The van der Waals surface area contributed by atoms with E-state index in [-0.39, 0.29) is 23.8 Å². The number of aromatic amines is 1. The van der Waals surface area contributed by atoms with Gasteiger partial charge in [-0.1, -0.05) is 6.07 Å². The molecule has 0 aromatic carbocycles. The van der Waals surface area contributed by atoms with Crippen molar-refractivity contribution in [2.75, 3.05) is 0 Å². The number of aliphatic hydroxyl groups excluding tert-OH is 1. The third-order valence-corrected chi connectivity index (χ3v) is 3.94. The molecule has 1 amide bonds. The van der Waals surface area contributed by atoms with Crippen LogP contribution >= 0.6 is 0 Å². The van der Waals surface area contributed by atoms with Crippen LogP contribution < -0.4 is 10.9 Å². The number of nitrogens with one attached hydrogen (secondary N) is 2. The lowest BCUT2D eigenvalue weighted by Gasteiger charge is -2.37. The molecule has 2 aromatic heterocycles. The van der Waals surface area contributed by atoms with E-state index in [1.807, 2.05) is 18.2 Å². The maximum absolute atomic E-state index is 12.1. The molecule has 22 heavy (non-hydrogen) atoms. The Morgan fingerprint density at radius 1 is 1.50 bits per heavy atom. The van der Waals surface area contributed by atoms with Gasteiger partial charge < -0.3 is 14.9 Å². The monoisotopic (exact) mass is 303 g/mol. The van der Waals surface area contributed by atoms with Gasteiger partial charge in [0.2, 0.25) is 5.76 Å². The Kier molecular flexibility index (Phi) is 4.06. The smallest absolute Gasteiger partial charge is 0.290 e. The number of nitrogens with zero attached hydrogens (tertiary/aromatic N) is 1. The van der Waals surface area contributed by atoms with Gasteiger partial charge >= 0.3 is 0 Å². The molecule has 1 aliphatic carbocycles. The molecule has 3 rings (SSSR count). The molecule has 1 atom stereocenters. The molecule has 2 aromatic rings. The highest BCUT2D eigenvalue weighted by Crippen LogP contribution is 2.31. The molecule has 1 unspecified atom stereocenters. The van der Waals surface area contributed by atoms with Gasteiger partial charge in [-0.05, 0) is 30.9 Å². The number of amides is 1. The first-order valence-corrected chi connectivity index (χ1v) is 7.19. The maximum Gasteiger partial charge on any atom is 0.290 e. The molecule has 7 heteroatoms. The summed E-state index contributed by atoms with van der Waals surface area (Å²) in [5.74, 6) is -0.303. The highest BCUT2D eigenvalue weighted by atomic mass is 16.5. The fourth-order valence-electron chi connectivity index (χ4n) is 2.67. The summed E-state index contributed by atoms with van der Waals surface area (Å²) in [5, 5.41) is 14.5. The minimum absolute atomic E-state index is 0.0455. The van der Waals surface area contributed by atoms with Crippen LogP contribution in [0, 0.1) is 5.92 Å². The minimum Gasteiger partial charge on any atom is -0.393 e. The Balaban J connectivity index is 1.71. The summed E-state index contributed by atoms with van der Waals surface area (Å²) in [6, 6.07) is 6.57. The number of aromatic nitrogens is 2. The molecule has 1 saturated carbocycles. The first-order valence-electron chi connectivity index (χ1n) is 7.19. The molecule has 0 bridgehead atoms. The molecular formula is C15H17N3O4. The van der Waals surface area contributed by atoms with Gasteiger partial charge in [-0.15, -0.1) is 0 Å². The zero-order valence-electron chi connectivity index (χ0n) is 11.9. The predicted molar refractivity (Wildman–Crippen MR) is 77.3 cm³/mol. The number of H-pyrrole nitrogens is 1. The third kappa shape index (κ3) is 3.25. The van der Waals surface area contributed by atoms with Crippen LogP contribution in [-0.4, -0.2) is 33.3 Å². The Bertz CT molecular complexity index is 688. The standard InChI is InChI=1S/C15H17N3O4/c19-11-5-9(6-11)12(7-10-3-1-2-4-16-10)17-15(21)13-8-14(20)18-22-13/h1-4,8-9,11-12,19H,5-7H2,(H,17,21)(H,18,20). The van der Waals surface area contributed by atoms with Crippen molar-refractivity contribution < 1.29 is 14.4 Å². The summed E-state index contributed by atoms with van der Waals surface area (Å²) in [5.41, 5.74) is 0.412. The van der Waals surface area contributed by atoms with Crippen LogP contribution in [-0.2, 0) is 6.42 Å². The number of hydrogen-bond acceptors (Lipinski definition) is 5. The van der Waals surface area contributed by atoms with Crippen molar-refractivity contribution in [1.29, 1.82) is 0 Å². The van der Waals surface area contributed by atoms with Gasteiger partial charge in [-0.2, -0.15) is 5.16 Å². The van der Waals surface area contributed by atoms with E-state index in [0.29, 0.717) is 19.3 Å². The van der Waals surface area contributed by atoms with E-state index in [1.165, 1.54) is 0 Å². The van der Waals surface area contributed by atoms with E-state index in [4.69, 9.17) is 4.52 Å². The molecule has 0 spiro atoms. The van der Waals surface area contributed by atoms with Crippen molar-refractivity contribution in [2.45, 2.75) is 31.4 Å². The summed E-state index contributed by atoms with van der Waals surface area (Å²) >= 11 is 0. The summed E-state index contributed by atoms with van der Waals surface area (Å²) < 4.78 is 4.82. The van der Waals surface area contributed by atoms with Crippen LogP contribution in [0.4, 0.5) is 0 Å². The second kappa shape index (κ2) is 6.15. The van der Waals surface area contributed by atoms with Crippen molar-refractivity contribution in [1.82, 2.24) is 15.5 Å². The number of pyridine rings is 1. The maximum atomic E-state index is 12.1. The Labute approximate surface area is 126 Å². The minimum atomic E-state index is -0.453. The summed E-state index contributed by atoms with van der Waals surface area (Å²) in [6.45, 7) is 0. The second-order valence-corrected chi connectivity index (χ2v) is 5.57. The lowest BCUT2D eigenvalue weighted by molar-refractivity contribution is 0.0234. The van der Waals surface area contributed by atoms with E-state index >= 15 is 0 Å². The number of rotatable bonds is 5. The van der Waals surface area contributed by atoms with Crippen molar-refractivity contribution in [3.05, 3.63) is 52.3 Å². The van der Waals surface area contributed by atoms with Gasteiger partial charge in [-0.25, -0.2) is 0 Å². The largest absolute Gasteiger partial charge is 0.393 e. The number of hydrogen-bond donors (Lipinski definition) is 3. The summed E-state index contributed by atoms with van der Waals surface area (Å²) in [6.07, 6.45) is 3.26. The Morgan fingerprint density at radius 2 is 2.32 bits per heavy atom. The second-order valence-electron chi connectivity index (χ2n) is 5.57. The number of aliphatic hydroxyl groups is 1. The lowest BCUT2D eigenvalue weighted by atomic mass is 9.76. The highest BCUT2D eigenvalue weighted by Gasteiger charge is 2.35. The van der Waals surface area contributed by atoms with Gasteiger partial charge in [0.05, 0.1) is 12.2 Å². The topological polar surface area (TPSA) is 108 Å². The van der Waals surface area contributed by atoms with Gasteiger partial charge in [0.15, 0.2) is 0 Å². The molecule has 0 aliphatic heterocycles. The SMILES string of the molecule is O=C(NC(Cc1ccccn1)C1CC(O)C1)c1cc(=O)[nH]o1. The van der Waals surface area contributed by atoms with Gasteiger partial charge in [0.1, 0.15) is 0 Å². The van der Waals surface area contributed by atoms with Gasteiger partial charge in [0.25, 0.3) is 11.5 Å². The first-order chi connectivity index (χ1) is 10.6. The molecule has 0 saturated heterocycles. The number of carbonyl (C=O) groups excluding carboxylic acids is 1. The predicted octanol–water partition coefficient (Wildman–Crippen LogP) is 0.475. The van der Waals surface area contributed by atoms with Crippen LogP contribution in [0.15, 0.2) is 39.8 Å². The molecule has 2 heterocycles. The molecule has 7 nitrogen and oxygen atoms in total. The fourth-order valence-corrected chi connectivity index (χ4v) is 2.67. The van der Waals surface area contributed by atoms with Gasteiger partial charge in [0, 0.05) is 24.4 Å². The van der Waals surface area contributed by atoms with Crippen molar-refractivity contribution >= 4 is 5.91 Å². The first kappa shape index (κ1) is 14.5. The van der Waals surface area contributed by atoms with E-state index in [0.717, 1.165) is 11.8 Å². The van der Waals surface area contributed by atoms with Crippen molar-refractivity contribution in [2.24, 2.45) is 5.92 Å². The molecule has 0 radical (unpaired) electrons. The molecule has 3 N–H and O–H groups in total. The Hall–Kier alpha value is -2.41. The van der Waals surface area contributed by atoms with E-state index in [1.54, 1.807) is 6.20 Å². The van der Waals surface area contributed by atoms with E-state index in [2.05, 4.69) is 15.5 Å². The summed E-state index contributed by atoms with van der Waals surface area (Å²) in [4.78, 5) is 27.5. The molecular weight excluding hydrogens is 286 g/mol. The average molecular weight is 303 g/mol. The number of carbonyl (C=O) groups is 1. The average Bonchev–Trinajstić information content (AvgIpc) is 2.91. The van der Waals surface area contributed by atoms with E-state index < -0.39 is 11.5 Å². The fraction of sp³-hybridized carbons (Fsp3) is 0.400. The van der Waals surface area contributed by atoms with Crippen LogP contribution in [0.25, 0.3) is 0 Å². The Morgan fingerprint density at radius 3 is 2.91 bits per heavy atom. The van der Waals surface area contributed by atoms with Crippen LogP contribution in [0.1, 0.15) is 29.1 Å². The molecule has 116 valence electrons. The zero-order chi connectivity index (χ0) is 15.5. The van der Waals surface area contributed by atoms with Gasteiger partial charge in [-0.3, -0.25) is 14.6 Å². The zero-order valence-corrected chi connectivity index (χ0v) is 11.9.